The van der Waals surface area contributed by atoms with Crippen LogP contribution in [0.2, 0.25) is 0 Å². The zero-order valence-electron chi connectivity index (χ0n) is 28.8. The Morgan fingerprint density at radius 2 is 0.415 bits per heavy atom. The molecule has 0 amide bonds. The molecule has 0 saturated carbocycles. The van der Waals surface area contributed by atoms with Crippen molar-refractivity contribution in [2.45, 2.75) is 214 Å². The average Bonchev–Trinajstić information content (AvgIpc) is 2.98. The first kappa shape index (κ1) is 40.8. The molecule has 0 radical (unpaired) electrons. The van der Waals surface area contributed by atoms with Crippen LogP contribution in [0.3, 0.4) is 0 Å². The molecule has 0 aliphatic rings. The van der Waals surface area contributed by atoms with E-state index in [1.165, 1.54) is 154 Å². The minimum atomic E-state index is -1.32. The molecular formula is C37H76O4. The average molecular weight is 585 g/mol. The molecule has 0 aromatic rings. The van der Waals surface area contributed by atoms with Crippen molar-refractivity contribution >= 4 is 0 Å². The Bertz CT molecular complexity index is 384. The van der Waals surface area contributed by atoms with Crippen LogP contribution in [0.1, 0.15) is 207 Å². The van der Waals surface area contributed by atoms with Gasteiger partial charge in [-0.05, 0) is 25.7 Å². The summed E-state index contributed by atoms with van der Waals surface area (Å²) in [6.07, 6.45) is 34.1. The molecule has 4 heteroatoms. The highest BCUT2D eigenvalue weighted by Crippen LogP contribution is 2.22. The van der Waals surface area contributed by atoms with E-state index in [0.29, 0.717) is 26.4 Å². The largest absolute Gasteiger partial charge is 0.412 e. The summed E-state index contributed by atoms with van der Waals surface area (Å²) in [5, 5.41) is 0. The fraction of sp³-hybridized carbons (Fsp3) is 1.00. The third kappa shape index (κ3) is 29.7. The third-order valence-electron chi connectivity index (χ3n) is 8.11. The number of ether oxygens (including phenoxy) is 4. The molecule has 0 aromatic carbocycles. The summed E-state index contributed by atoms with van der Waals surface area (Å²) in [5.41, 5.74) is 0. The van der Waals surface area contributed by atoms with E-state index in [0.717, 1.165) is 25.7 Å². The Morgan fingerprint density at radius 1 is 0.244 bits per heavy atom. The summed E-state index contributed by atoms with van der Waals surface area (Å²) in [5.74, 6) is 0. The van der Waals surface area contributed by atoms with Crippen molar-refractivity contribution in [2.24, 2.45) is 0 Å². The lowest BCUT2D eigenvalue weighted by molar-refractivity contribution is -0.499. The highest BCUT2D eigenvalue weighted by atomic mass is 17.0. The topological polar surface area (TPSA) is 36.9 Å². The van der Waals surface area contributed by atoms with Gasteiger partial charge in [0.1, 0.15) is 0 Å². The second-order valence-corrected chi connectivity index (χ2v) is 12.4. The van der Waals surface area contributed by atoms with Crippen LogP contribution in [-0.2, 0) is 18.9 Å². The number of rotatable bonds is 36. The maximum absolute atomic E-state index is 6.37. The second-order valence-electron chi connectivity index (χ2n) is 12.4. The number of unbranched alkanes of at least 4 members (excludes halogenated alkanes) is 24. The van der Waals surface area contributed by atoms with E-state index in [4.69, 9.17) is 18.9 Å². The molecule has 0 fully saturated rings. The first-order valence-corrected chi connectivity index (χ1v) is 18.8. The van der Waals surface area contributed by atoms with E-state index < -0.39 is 6.16 Å². The van der Waals surface area contributed by atoms with Gasteiger partial charge in [0.15, 0.2) is 0 Å². The van der Waals surface area contributed by atoms with Gasteiger partial charge in [0.2, 0.25) is 0 Å². The van der Waals surface area contributed by atoms with Gasteiger partial charge in [0.05, 0.1) is 26.4 Å². The molecule has 0 saturated heterocycles. The molecule has 41 heavy (non-hydrogen) atoms. The molecule has 0 bridgehead atoms. The van der Waals surface area contributed by atoms with Crippen molar-refractivity contribution in [3.05, 3.63) is 0 Å². The van der Waals surface area contributed by atoms with Gasteiger partial charge in [-0.15, -0.1) is 0 Å². The van der Waals surface area contributed by atoms with Crippen LogP contribution in [0.4, 0.5) is 0 Å². The second kappa shape index (κ2) is 34.3. The summed E-state index contributed by atoms with van der Waals surface area (Å²) in [6.45, 7) is 11.7. The fourth-order valence-corrected chi connectivity index (χ4v) is 5.28. The van der Waals surface area contributed by atoms with Gasteiger partial charge in [-0.3, -0.25) is 0 Å². The van der Waals surface area contributed by atoms with E-state index in [-0.39, 0.29) is 0 Å². The zero-order valence-corrected chi connectivity index (χ0v) is 28.8. The normalized spacial score (nSPS) is 12.0. The molecule has 0 N–H and O–H groups in total. The van der Waals surface area contributed by atoms with Crippen molar-refractivity contribution in [3.8, 4) is 0 Å². The number of hydrogen-bond acceptors (Lipinski definition) is 4. The van der Waals surface area contributed by atoms with E-state index in [2.05, 4.69) is 27.7 Å². The van der Waals surface area contributed by atoms with Crippen molar-refractivity contribution in [3.63, 3.8) is 0 Å². The summed E-state index contributed by atoms with van der Waals surface area (Å²) >= 11 is 0. The monoisotopic (exact) mass is 585 g/mol. The molecule has 4 nitrogen and oxygen atoms in total. The summed E-state index contributed by atoms with van der Waals surface area (Å²) in [6, 6.07) is 0. The van der Waals surface area contributed by atoms with Gasteiger partial charge in [0.25, 0.3) is 0 Å². The fourth-order valence-electron chi connectivity index (χ4n) is 5.28. The zero-order chi connectivity index (χ0) is 30.0. The van der Waals surface area contributed by atoms with Crippen molar-refractivity contribution in [1.82, 2.24) is 0 Å². The Hall–Kier alpha value is -0.160. The number of hydrogen-bond donors (Lipinski definition) is 0. The van der Waals surface area contributed by atoms with E-state index in [9.17, 15) is 0 Å². The van der Waals surface area contributed by atoms with Crippen molar-refractivity contribution in [2.75, 3.05) is 26.4 Å². The van der Waals surface area contributed by atoms with Gasteiger partial charge in [-0.25, -0.2) is 0 Å². The van der Waals surface area contributed by atoms with E-state index in [1.54, 1.807) is 0 Å². The molecule has 0 aliphatic heterocycles. The van der Waals surface area contributed by atoms with Crippen LogP contribution in [0, 0.1) is 0 Å². The third-order valence-corrected chi connectivity index (χ3v) is 8.11. The Balaban J connectivity index is 4.82. The molecule has 0 spiro atoms. The molecule has 0 heterocycles. The lowest BCUT2D eigenvalue weighted by atomic mass is 10.1. The van der Waals surface area contributed by atoms with Crippen molar-refractivity contribution in [1.29, 1.82) is 0 Å². The Morgan fingerprint density at radius 3 is 0.610 bits per heavy atom. The first-order valence-electron chi connectivity index (χ1n) is 18.8. The van der Waals surface area contributed by atoms with Crippen molar-refractivity contribution < 1.29 is 18.9 Å². The van der Waals surface area contributed by atoms with Crippen LogP contribution in [-0.4, -0.2) is 32.6 Å². The van der Waals surface area contributed by atoms with E-state index in [1.807, 2.05) is 0 Å². The van der Waals surface area contributed by atoms with Gasteiger partial charge >= 0.3 is 6.16 Å². The first-order chi connectivity index (χ1) is 20.2. The van der Waals surface area contributed by atoms with Gasteiger partial charge < -0.3 is 18.9 Å². The molecule has 0 rings (SSSR count). The molecule has 0 aromatic heterocycles. The van der Waals surface area contributed by atoms with Crippen LogP contribution in [0.25, 0.3) is 0 Å². The van der Waals surface area contributed by atoms with Gasteiger partial charge in [-0.2, -0.15) is 0 Å². The van der Waals surface area contributed by atoms with Crippen LogP contribution in [0.5, 0.6) is 0 Å². The molecular weight excluding hydrogens is 508 g/mol. The van der Waals surface area contributed by atoms with Crippen LogP contribution >= 0.6 is 0 Å². The highest BCUT2D eigenvalue weighted by Gasteiger charge is 2.35. The highest BCUT2D eigenvalue weighted by molar-refractivity contribution is 4.53. The maximum Gasteiger partial charge on any atom is 0.412 e. The van der Waals surface area contributed by atoms with Gasteiger partial charge in [0, 0.05) is 0 Å². The summed E-state index contributed by atoms with van der Waals surface area (Å²) in [4.78, 5) is 0. The summed E-state index contributed by atoms with van der Waals surface area (Å²) < 4.78 is 25.5. The lowest BCUT2D eigenvalue weighted by Gasteiger charge is -2.32. The SMILES string of the molecule is CCCCCCCCCOC(OCCCCCCCCC)(OCCCCCCCCC)OCCCCCCCCC. The van der Waals surface area contributed by atoms with E-state index >= 15 is 0 Å². The minimum absolute atomic E-state index is 0.638. The smallest absolute Gasteiger partial charge is 0.303 e. The summed E-state index contributed by atoms with van der Waals surface area (Å²) in [7, 11) is 0. The quantitative estimate of drug-likeness (QED) is 0.0542. The Labute approximate surface area is 258 Å². The van der Waals surface area contributed by atoms with Crippen LogP contribution < -0.4 is 0 Å². The minimum Gasteiger partial charge on any atom is -0.303 e. The molecule has 0 atom stereocenters. The maximum atomic E-state index is 6.37. The van der Waals surface area contributed by atoms with Gasteiger partial charge in [-0.1, -0.05) is 182 Å². The Kier molecular flexibility index (Phi) is 34.2. The standard InChI is InChI=1S/C37H76O4/c1-5-9-13-17-21-25-29-33-38-37(39-34-30-26-22-18-14-10-6-2,40-35-31-27-23-19-15-11-7-3)41-36-32-28-24-20-16-12-8-4/h5-36H2,1-4H3. The molecule has 0 aliphatic carbocycles. The molecule has 248 valence electrons. The van der Waals surface area contributed by atoms with Crippen LogP contribution in [0.15, 0.2) is 0 Å². The lowest BCUT2D eigenvalue weighted by Crippen LogP contribution is -2.43. The predicted molar refractivity (Wildman–Crippen MR) is 179 cm³/mol. The molecule has 0 unspecified atom stereocenters. The predicted octanol–water partition coefficient (Wildman–Crippen LogP) is 12.7.